The van der Waals surface area contributed by atoms with E-state index in [0.29, 0.717) is 18.8 Å². The highest BCUT2D eigenvalue weighted by Crippen LogP contribution is 2.23. The second-order valence-electron chi connectivity index (χ2n) is 3.44. The van der Waals surface area contributed by atoms with E-state index in [2.05, 4.69) is 5.43 Å². The van der Waals surface area contributed by atoms with Gasteiger partial charge in [-0.15, -0.1) is 0 Å². The Bertz CT molecular complexity index is 336. The molecule has 1 rings (SSSR count). The maximum absolute atomic E-state index is 13.7. The lowest BCUT2D eigenvalue weighted by atomic mass is 10.1. The minimum absolute atomic E-state index is 0.0910. The molecule has 90 valence electrons. The minimum atomic E-state index is -0.452. The number of benzene rings is 1. The summed E-state index contributed by atoms with van der Waals surface area (Å²) in [6.45, 7) is 2.95. The van der Waals surface area contributed by atoms with Crippen LogP contribution < -0.4 is 11.3 Å². The molecule has 0 aliphatic heterocycles. The number of hydrazine groups is 1. The van der Waals surface area contributed by atoms with E-state index in [-0.39, 0.29) is 11.1 Å². The van der Waals surface area contributed by atoms with Crippen molar-refractivity contribution in [3.05, 3.63) is 34.6 Å². The van der Waals surface area contributed by atoms with Crippen molar-refractivity contribution in [1.82, 2.24) is 5.43 Å². The summed E-state index contributed by atoms with van der Waals surface area (Å²) in [5, 5.41) is 0.0910. The molecule has 0 aromatic heterocycles. The molecule has 16 heavy (non-hydrogen) atoms. The van der Waals surface area contributed by atoms with Gasteiger partial charge in [0.25, 0.3) is 0 Å². The van der Waals surface area contributed by atoms with Crippen molar-refractivity contribution in [2.45, 2.75) is 19.4 Å². The van der Waals surface area contributed by atoms with Gasteiger partial charge in [0, 0.05) is 12.2 Å². The summed E-state index contributed by atoms with van der Waals surface area (Å²) < 4.78 is 19.0. The molecular formula is C11H16ClFN2O. The molecule has 3 N–H and O–H groups in total. The highest BCUT2D eigenvalue weighted by molar-refractivity contribution is 6.30. The number of halogens is 2. The Morgan fingerprint density at radius 3 is 2.94 bits per heavy atom. The molecule has 1 unspecified atom stereocenters. The van der Waals surface area contributed by atoms with Gasteiger partial charge >= 0.3 is 0 Å². The number of ether oxygens (including phenoxy) is 1. The zero-order valence-electron chi connectivity index (χ0n) is 9.17. The predicted molar refractivity (Wildman–Crippen MR) is 62.6 cm³/mol. The highest BCUT2D eigenvalue weighted by Gasteiger charge is 2.16. The van der Waals surface area contributed by atoms with Crippen LogP contribution in [0.15, 0.2) is 18.2 Å². The standard InChI is InChI=1S/C11H16ClFN2O/c1-2-6-16-7-10(15-14)8-4-3-5-9(12)11(8)13/h3-5,10,15H,2,6-7,14H2,1H3. The van der Waals surface area contributed by atoms with Crippen LogP contribution >= 0.6 is 11.6 Å². The summed E-state index contributed by atoms with van der Waals surface area (Å²) in [7, 11) is 0. The van der Waals surface area contributed by atoms with E-state index in [0.717, 1.165) is 6.42 Å². The van der Waals surface area contributed by atoms with E-state index >= 15 is 0 Å². The van der Waals surface area contributed by atoms with Gasteiger partial charge in [-0.2, -0.15) is 0 Å². The quantitative estimate of drug-likeness (QED) is 0.460. The molecule has 0 saturated carbocycles. The fourth-order valence-electron chi connectivity index (χ4n) is 1.36. The number of nitrogens with two attached hydrogens (primary N) is 1. The maximum atomic E-state index is 13.7. The number of hydrogen-bond acceptors (Lipinski definition) is 3. The van der Waals surface area contributed by atoms with Gasteiger partial charge in [0.2, 0.25) is 0 Å². The normalized spacial score (nSPS) is 12.8. The Kier molecular flexibility index (Phi) is 5.69. The zero-order valence-corrected chi connectivity index (χ0v) is 9.93. The van der Waals surface area contributed by atoms with Crippen LogP contribution in [0.25, 0.3) is 0 Å². The van der Waals surface area contributed by atoms with Gasteiger partial charge in [0.1, 0.15) is 5.82 Å². The molecule has 0 heterocycles. The summed E-state index contributed by atoms with van der Waals surface area (Å²) in [6.07, 6.45) is 0.912. The molecule has 0 amide bonds. The van der Waals surface area contributed by atoms with Crippen molar-refractivity contribution < 1.29 is 9.13 Å². The van der Waals surface area contributed by atoms with E-state index in [4.69, 9.17) is 22.2 Å². The molecule has 3 nitrogen and oxygen atoms in total. The van der Waals surface area contributed by atoms with Crippen molar-refractivity contribution in [3.8, 4) is 0 Å². The van der Waals surface area contributed by atoms with Gasteiger partial charge in [-0.05, 0) is 12.5 Å². The predicted octanol–water partition coefficient (Wildman–Crippen LogP) is 2.41. The second kappa shape index (κ2) is 6.81. The molecule has 1 aromatic carbocycles. The highest BCUT2D eigenvalue weighted by atomic mass is 35.5. The maximum Gasteiger partial charge on any atom is 0.146 e. The lowest BCUT2D eigenvalue weighted by Crippen LogP contribution is -2.32. The molecular weight excluding hydrogens is 231 g/mol. The van der Waals surface area contributed by atoms with Crippen molar-refractivity contribution in [3.63, 3.8) is 0 Å². The van der Waals surface area contributed by atoms with Crippen LogP contribution in [-0.2, 0) is 4.74 Å². The third-order valence-corrected chi connectivity index (χ3v) is 2.48. The van der Waals surface area contributed by atoms with Crippen molar-refractivity contribution in [2.75, 3.05) is 13.2 Å². The fraction of sp³-hybridized carbons (Fsp3) is 0.455. The van der Waals surface area contributed by atoms with Crippen molar-refractivity contribution in [1.29, 1.82) is 0 Å². The fourth-order valence-corrected chi connectivity index (χ4v) is 1.54. The Labute approximate surface area is 99.7 Å². The summed E-state index contributed by atoms with van der Waals surface area (Å²) in [5.74, 6) is 4.91. The molecule has 0 aliphatic rings. The van der Waals surface area contributed by atoms with Gasteiger partial charge in [0.15, 0.2) is 0 Å². The third-order valence-electron chi connectivity index (χ3n) is 2.19. The summed E-state index contributed by atoms with van der Waals surface area (Å²) in [5.41, 5.74) is 2.94. The van der Waals surface area contributed by atoms with Gasteiger partial charge in [0.05, 0.1) is 17.7 Å². The molecule has 1 aromatic rings. The number of rotatable bonds is 6. The van der Waals surface area contributed by atoms with E-state index < -0.39 is 5.82 Å². The molecule has 0 saturated heterocycles. The molecule has 0 aliphatic carbocycles. The average molecular weight is 247 g/mol. The monoisotopic (exact) mass is 246 g/mol. The van der Waals surface area contributed by atoms with Crippen LogP contribution in [-0.4, -0.2) is 13.2 Å². The topological polar surface area (TPSA) is 47.3 Å². The molecule has 1 atom stereocenters. The Hall–Kier alpha value is -0.680. The van der Waals surface area contributed by atoms with E-state index in [1.165, 1.54) is 6.07 Å². The third kappa shape index (κ3) is 3.42. The minimum Gasteiger partial charge on any atom is -0.379 e. The number of nitrogens with one attached hydrogen (secondary N) is 1. The first-order valence-electron chi connectivity index (χ1n) is 5.18. The van der Waals surface area contributed by atoms with Crippen LogP contribution in [0.2, 0.25) is 5.02 Å². The van der Waals surface area contributed by atoms with Crippen molar-refractivity contribution in [2.24, 2.45) is 5.84 Å². The van der Waals surface area contributed by atoms with Crippen LogP contribution in [0.3, 0.4) is 0 Å². The van der Waals surface area contributed by atoms with Gasteiger partial charge in [-0.1, -0.05) is 30.7 Å². The largest absolute Gasteiger partial charge is 0.379 e. The first kappa shape index (κ1) is 13.4. The number of hydrogen-bond donors (Lipinski definition) is 2. The SMILES string of the molecule is CCCOCC(NN)c1cccc(Cl)c1F. The van der Waals surface area contributed by atoms with Crippen LogP contribution in [0.1, 0.15) is 24.9 Å². The molecule has 0 radical (unpaired) electrons. The first-order valence-corrected chi connectivity index (χ1v) is 5.56. The lowest BCUT2D eigenvalue weighted by Gasteiger charge is -2.17. The van der Waals surface area contributed by atoms with E-state index in [1.54, 1.807) is 12.1 Å². The molecule has 0 bridgehead atoms. The van der Waals surface area contributed by atoms with Crippen molar-refractivity contribution >= 4 is 11.6 Å². The summed E-state index contributed by atoms with van der Waals surface area (Å²) in [4.78, 5) is 0. The van der Waals surface area contributed by atoms with Crippen LogP contribution in [0.4, 0.5) is 4.39 Å². The lowest BCUT2D eigenvalue weighted by molar-refractivity contribution is 0.111. The smallest absolute Gasteiger partial charge is 0.146 e. The van der Waals surface area contributed by atoms with Gasteiger partial charge in [-0.25, -0.2) is 4.39 Å². The van der Waals surface area contributed by atoms with Crippen LogP contribution in [0, 0.1) is 5.82 Å². The Morgan fingerprint density at radius 2 is 2.31 bits per heavy atom. The Balaban J connectivity index is 2.74. The van der Waals surface area contributed by atoms with Gasteiger partial charge in [-0.3, -0.25) is 11.3 Å². The average Bonchev–Trinajstić information content (AvgIpc) is 2.29. The molecule has 0 spiro atoms. The Morgan fingerprint density at radius 1 is 1.56 bits per heavy atom. The zero-order chi connectivity index (χ0) is 12.0. The van der Waals surface area contributed by atoms with E-state index in [9.17, 15) is 4.39 Å². The summed E-state index contributed by atoms with van der Waals surface area (Å²) in [6, 6.07) is 4.44. The molecule has 5 heteroatoms. The van der Waals surface area contributed by atoms with E-state index in [1.807, 2.05) is 6.92 Å². The van der Waals surface area contributed by atoms with Gasteiger partial charge < -0.3 is 4.74 Å². The second-order valence-corrected chi connectivity index (χ2v) is 3.84. The first-order chi connectivity index (χ1) is 7.70. The van der Waals surface area contributed by atoms with Crippen LogP contribution in [0.5, 0.6) is 0 Å². The summed E-state index contributed by atoms with van der Waals surface area (Å²) >= 11 is 5.69. The molecule has 0 fully saturated rings.